The van der Waals surface area contributed by atoms with Crippen LogP contribution in [-0.2, 0) is 13.6 Å². The Kier molecular flexibility index (Phi) is 6.88. The zero-order chi connectivity index (χ0) is 24.5. The summed E-state index contributed by atoms with van der Waals surface area (Å²) in [6, 6.07) is 2.46. The predicted octanol–water partition coefficient (Wildman–Crippen LogP) is 1.87. The van der Waals surface area contributed by atoms with Crippen molar-refractivity contribution in [3.63, 3.8) is 0 Å². The molecule has 3 aliphatic rings. The highest BCUT2D eigenvalue weighted by molar-refractivity contribution is 6.28. The Morgan fingerprint density at radius 1 is 0.886 bits per heavy atom. The highest BCUT2D eigenvalue weighted by Gasteiger charge is 2.42. The number of carbonyl (C=O) groups excluding carboxylic acids is 2. The van der Waals surface area contributed by atoms with Gasteiger partial charge in [0.1, 0.15) is 11.5 Å². The lowest BCUT2D eigenvalue weighted by Gasteiger charge is -2.32. The molecule has 0 unspecified atom stereocenters. The summed E-state index contributed by atoms with van der Waals surface area (Å²) in [5, 5.41) is 24.7. The van der Waals surface area contributed by atoms with E-state index in [1.54, 1.807) is 11.7 Å². The van der Waals surface area contributed by atoms with Crippen LogP contribution >= 0.6 is 0 Å². The lowest BCUT2D eigenvalue weighted by molar-refractivity contribution is -0.805. The van der Waals surface area contributed by atoms with Crippen LogP contribution in [0.25, 0.3) is 0 Å². The summed E-state index contributed by atoms with van der Waals surface area (Å²) in [5.74, 6) is -0.858. The Balaban J connectivity index is 1.18. The van der Waals surface area contributed by atoms with Gasteiger partial charge in [0.2, 0.25) is 17.3 Å². The van der Waals surface area contributed by atoms with E-state index >= 15 is 0 Å². The number of piperidine rings is 2. The predicted molar refractivity (Wildman–Crippen MR) is 129 cm³/mol. The van der Waals surface area contributed by atoms with Gasteiger partial charge in [-0.2, -0.15) is 0 Å². The Morgan fingerprint density at radius 2 is 1.51 bits per heavy atom. The second-order valence-corrected chi connectivity index (χ2v) is 10.3. The number of phenolic OH excluding ortho intramolecular Hbond substituents is 2. The summed E-state index contributed by atoms with van der Waals surface area (Å²) < 4.78 is 1.71. The first kappa shape index (κ1) is 23.9. The third-order valence-corrected chi connectivity index (χ3v) is 7.99. The lowest BCUT2D eigenvalue weighted by atomic mass is 9.88. The topological polar surface area (TPSA) is 103 Å². The normalized spacial score (nSPS) is 19.7. The highest BCUT2D eigenvalue weighted by atomic mass is 16.3. The molecule has 3 heterocycles. The minimum atomic E-state index is -0.539. The monoisotopic (exact) mass is 482 g/mol. The van der Waals surface area contributed by atoms with Crippen molar-refractivity contribution in [3.05, 3.63) is 34.6 Å². The van der Waals surface area contributed by atoms with Crippen LogP contribution in [0.4, 0.5) is 0 Å². The molecule has 0 spiro atoms. The number of aromatic hydroxyl groups is 2. The molecule has 9 nitrogen and oxygen atoms in total. The number of aromatic nitrogens is 3. The van der Waals surface area contributed by atoms with Crippen LogP contribution in [0, 0.1) is 5.92 Å². The minimum absolute atomic E-state index is 0.0262. The summed E-state index contributed by atoms with van der Waals surface area (Å²) in [5.41, 5.74) is -0.110. The summed E-state index contributed by atoms with van der Waals surface area (Å²) in [6.45, 7) is 7.15. The molecule has 2 N–H and O–H groups in total. The van der Waals surface area contributed by atoms with Gasteiger partial charge in [-0.3, -0.25) is 9.59 Å². The van der Waals surface area contributed by atoms with Crippen LogP contribution in [0.3, 0.4) is 0 Å². The van der Waals surface area contributed by atoms with Crippen molar-refractivity contribution in [1.29, 1.82) is 0 Å². The van der Waals surface area contributed by atoms with Gasteiger partial charge in [-0.05, 0) is 94.1 Å². The quantitative estimate of drug-likeness (QED) is 0.392. The van der Waals surface area contributed by atoms with Crippen LogP contribution in [0.5, 0.6) is 11.5 Å². The molecule has 2 aliphatic heterocycles. The maximum absolute atomic E-state index is 13.3. The summed E-state index contributed by atoms with van der Waals surface area (Å²) in [7, 11) is 1.71. The Hall–Kier alpha value is -2.78. The van der Waals surface area contributed by atoms with Gasteiger partial charge in [0, 0.05) is 11.6 Å². The van der Waals surface area contributed by atoms with Crippen molar-refractivity contribution >= 4 is 11.6 Å². The van der Waals surface area contributed by atoms with Crippen molar-refractivity contribution in [3.8, 4) is 11.5 Å². The molecule has 35 heavy (non-hydrogen) atoms. The molecule has 2 aromatic rings. The van der Waals surface area contributed by atoms with Crippen molar-refractivity contribution in [2.45, 2.75) is 51.5 Å². The standard InChI is InChI=1S/C26H35N5O4/c1-28-27-23-24(26(35)22-20(33)8-7-19(32)21(22)25(23)34)31(28)17-16-30-14-9-18(10-15-30)6-5-13-29-11-3-2-4-12-29/h7-8,18H,2-6,9-17H2,1H3,(H,27,35)/p+1. The average molecular weight is 483 g/mol. The molecule has 0 radical (unpaired) electrons. The third kappa shape index (κ3) is 4.71. The number of aryl methyl sites for hydroxylation is 1. The number of hydrogen-bond acceptors (Lipinski definition) is 7. The van der Waals surface area contributed by atoms with E-state index in [2.05, 4.69) is 14.9 Å². The van der Waals surface area contributed by atoms with E-state index in [9.17, 15) is 19.8 Å². The number of carbonyl (C=O) groups is 2. The van der Waals surface area contributed by atoms with Crippen LogP contribution in [-0.4, -0.2) is 80.6 Å². The molecule has 9 heteroatoms. The van der Waals surface area contributed by atoms with Gasteiger partial charge in [-0.15, -0.1) is 4.68 Å². The van der Waals surface area contributed by atoms with Crippen LogP contribution in [0.2, 0.25) is 0 Å². The first-order valence-electron chi connectivity index (χ1n) is 13.0. The van der Waals surface area contributed by atoms with Gasteiger partial charge in [0.05, 0.1) is 17.7 Å². The molecule has 188 valence electrons. The molecule has 1 aliphatic carbocycles. The van der Waals surface area contributed by atoms with E-state index in [0.29, 0.717) is 6.54 Å². The van der Waals surface area contributed by atoms with Crippen LogP contribution in [0.15, 0.2) is 12.1 Å². The van der Waals surface area contributed by atoms with Crippen molar-refractivity contribution in [1.82, 2.24) is 19.6 Å². The molecule has 5 rings (SSSR count). The number of hydrogen-bond donors (Lipinski definition) is 2. The van der Waals surface area contributed by atoms with Gasteiger partial charge in [0.25, 0.3) is 0 Å². The lowest BCUT2D eigenvalue weighted by Crippen LogP contribution is -2.45. The van der Waals surface area contributed by atoms with E-state index in [1.807, 2.05) is 0 Å². The highest BCUT2D eigenvalue weighted by Crippen LogP contribution is 2.36. The Labute approximate surface area is 205 Å². The van der Waals surface area contributed by atoms with E-state index < -0.39 is 11.6 Å². The maximum atomic E-state index is 13.3. The second kappa shape index (κ2) is 10.1. The molecule has 1 aromatic carbocycles. The van der Waals surface area contributed by atoms with Gasteiger partial charge < -0.3 is 20.0 Å². The van der Waals surface area contributed by atoms with Crippen LogP contribution < -0.4 is 4.80 Å². The van der Waals surface area contributed by atoms with E-state index in [-0.39, 0.29) is 34.0 Å². The van der Waals surface area contributed by atoms with E-state index in [1.165, 1.54) is 81.5 Å². The third-order valence-electron chi connectivity index (χ3n) is 7.99. The summed E-state index contributed by atoms with van der Waals surface area (Å²) >= 11 is 0. The summed E-state index contributed by atoms with van der Waals surface area (Å²) in [6.07, 6.45) is 9.09. The molecule has 2 saturated heterocycles. The molecule has 0 amide bonds. The van der Waals surface area contributed by atoms with Gasteiger partial charge in [0.15, 0.2) is 12.7 Å². The fraction of sp³-hybridized carbons (Fsp3) is 0.615. The largest absolute Gasteiger partial charge is 0.507 e. The molecule has 0 saturated carbocycles. The molecule has 0 atom stereocenters. The summed E-state index contributed by atoms with van der Waals surface area (Å²) in [4.78, 5) is 32.8. The number of likely N-dealkylation sites (tertiary alicyclic amines) is 2. The van der Waals surface area contributed by atoms with Crippen molar-refractivity contribution in [2.75, 3.05) is 39.3 Å². The number of phenols is 2. The second-order valence-electron chi connectivity index (χ2n) is 10.3. The molecule has 2 fully saturated rings. The maximum Gasteiger partial charge on any atom is 0.224 e. The van der Waals surface area contributed by atoms with E-state index in [4.69, 9.17) is 0 Å². The molecule has 0 bridgehead atoms. The average Bonchev–Trinajstić information content (AvgIpc) is 3.20. The molecule has 1 aromatic heterocycles. The zero-order valence-electron chi connectivity index (χ0n) is 20.6. The fourth-order valence-corrected chi connectivity index (χ4v) is 5.95. The smallest absolute Gasteiger partial charge is 0.224 e. The van der Waals surface area contributed by atoms with E-state index in [0.717, 1.165) is 25.6 Å². The van der Waals surface area contributed by atoms with Crippen molar-refractivity contribution in [2.24, 2.45) is 13.0 Å². The SMILES string of the molecule is C[n+]1nc2c(n1CCN1CCC(CCCN3CCCCC3)CC1)C(=O)c1c(O)ccc(O)c1C2=O. The first-order valence-corrected chi connectivity index (χ1v) is 13.0. The van der Waals surface area contributed by atoms with Gasteiger partial charge in [-0.25, -0.2) is 0 Å². The van der Waals surface area contributed by atoms with Gasteiger partial charge in [-0.1, -0.05) is 6.42 Å². The number of nitrogens with zero attached hydrogens (tertiary/aromatic N) is 5. The first-order chi connectivity index (χ1) is 16.9. The Bertz CT molecular complexity index is 1110. The minimum Gasteiger partial charge on any atom is -0.507 e. The fourth-order valence-electron chi connectivity index (χ4n) is 5.95. The molecular formula is C26H36N5O4+. The van der Waals surface area contributed by atoms with Crippen LogP contribution in [0.1, 0.15) is 77.0 Å². The number of rotatable bonds is 7. The number of benzene rings is 1. The number of fused-ring (bicyclic) bond motifs is 2. The van der Waals surface area contributed by atoms with Gasteiger partial charge >= 0.3 is 0 Å². The Morgan fingerprint density at radius 3 is 2.20 bits per heavy atom. The number of ketones is 2. The molecular weight excluding hydrogens is 446 g/mol. The zero-order valence-corrected chi connectivity index (χ0v) is 20.6. The van der Waals surface area contributed by atoms with Crippen molar-refractivity contribution < 1.29 is 24.6 Å².